The third kappa shape index (κ3) is 5.72. The van der Waals surface area contributed by atoms with E-state index < -0.39 is 0 Å². The Hall–Kier alpha value is -2.08. The number of anilines is 1. The number of carbonyl (C=O) groups excluding carboxylic acids is 1. The van der Waals surface area contributed by atoms with Crippen LogP contribution in [0.2, 0.25) is 0 Å². The Bertz CT molecular complexity index is 709. The number of hydrogen-bond acceptors (Lipinski definition) is 3. The van der Waals surface area contributed by atoms with E-state index in [0.29, 0.717) is 24.9 Å². The van der Waals surface area contributed by atoms with Gasteiger partial charge in [0.1, 0.15) is 0 Å². The minimum atomic E-state index is 0.0812. The summed E-state index contributed by atoms with van der Waals surface area (Å²) in [6, 6.07) is 8.57. The zero-order valence-corrected chi connectivity index (χ0v) is 18.4. The van der Waals surface area contributed by atoms with E-state index in [9.17, 15) is 4.79 Å². The van der Waals surface area contributed by atoms with Crippen LogP contribution in [-0.2, 0) is 4.79 Å². The molecule has 1 aromatic rings. The average Bonchev–Trinajstić information content (AvgIpc) is 2.71. The summed E-state index contributed by atoms with van der Waals surface area (Å²) in [6.45, 7) is 10.9. The van der Waals surface area contributed by atoms with Gasteiger partial charge in [0, 0.05) is 44.2 Å². The van der Waals surface area contributed by atoms with Gasteiger partial charge in [0.25, 0.3) is 0 Å². The van der Waals surface area contributed by atoms with Gasteiger partial charge in [0.15, 0.2) is 5.96 Å². The molecule has 0 aliphatic carbocycles. The number of rotatable bonds is 6. The second kappa shape index (κ2) is 10.1. The number of para-hydroxylation sites is 1. The Labute approximate surface area is 175 Å². The topological polar surface area (TPSA) is 68.8 Å². The highest BCUT2D eigenvalue weighted by molar-refractivity contribution is 5.94. The predicted molar refractivity (Wildman–Crippen MR) is 120 cm³/mol. The summed E-state index contributed by atoms with van der Waals surface area (Å²) < 4.78 is 0. The molecule has 0 bridgehead atoms. The van der Waals surface area contributed by atoms with Gasteiger partial charge in [-0.2, -0.15) is 0 Å². The molecule has 6 nitrogen and oxygen atoms in total. The molecular weight excluding hydrogens is 362 g/mol. The van der Waals surface area contributed by atoms with Crippen LogP contribution < -0.4 is 16.0 Å². The van der Waals surface area contributed by atoms with Crippen molar-refractivity contribution < 1.29 is 4.79 Å². The van der Waals surface area contributed by atoms with Crippen LogP contribution >= 0.6 is 0 Å². The van der Waals surface area contributed by atoms with Gasteiger partial charge >= 0.3 is 0 Å². The molecule has 1 fully saturated rings. The molecule has 160 valence electrons. The predicted octanol–water partition coefficient (Wildman–Crippen LogP) is 3.03. The molecule has 0 spiro atoms. The molecule has 6 heteroatoms. The van der Waals surface area contributed by atoms with Crippen LogP contribution in [0.15, 0.2) is 29.3 Å². The zero-order chi connectivity index (χ0) is 20.8. The zero-order valence-electron chi connectivity index (χ0n) is 18.4. The lowest BCUT2D eigenvalue weighted by Gasteiger charge is -2.39. The van der Waals surface area contributed by atoms with E-state index in [1.165, 1.54) is 31.5 Å². The van der Waals surface area contributed by atoms with Crippen LogP contribution in [0.1, 0.15) is 51.5 Å². The minimum Gasteiger partial charge on any atom is -0.356 e. The van der Waals surface area contributed by atoms with Crippen molar-refractivity contribution in [3.05, 3.63) is 29.8 Å². The fraction of sp³-hybridized carbons (Fsp3) is 0.652. The number of piperidine rings is 1. The Morgan fingerprint density at radius 2 is 1.97 bits per heavy atom. The van der Waals surface area contributed by atoms with Gasteiger partial charge in [0.2, 0.25) is 5.91 Å². The number of guanidine groups is 1. The van der Waals surface area contributed by atoms with Crippen LogP contribution in [0.3, 0.4) is 0 Å². The minimum absolute atomic E-state index is 0.0812. The van der Waals surface area contributed by atoms with Crippen molar-refractivity contribution in [3.8, 4) is 0 Å². The Morgan fingerprint density at radius 3 is 2.66 bits per heavy atom. The van der Waals surface area contributed by atoms with E-state index in [1.807, 2.05) is 25.2 Å². The second-order valence-electron chi connectivity index (χ2n) is 8.90. The average molecular weight is 400 g/mol. The Kier molecular flexibility index (Phi) is 7.53. The molecule has 2 unspecified atom stereocenters. The number of nitrogens with one attached hydrogen (secondary N) is 3. The maximum absolute atomic E-state index is 12.0. The van der Waals surface area contributed by atoms with Crippen molar-refractivity contribution in [2.75, 3.05) is 38.5 Å². The van der Waals surface area contributed by atoms with Crippen LogP contribution in [0.4, 0.5) is 5.69 Å². The molecule has 2 atom stereocenters. The molecule has 0 saturated carbocycles. The van der Waals surface area contributed by atoms with Crippen LogP contribution in [-0.4, -0.2) is 56.0 Å². The van der Waals surface area contributed by atoms with E-state index >= 15 is 0 Å². The van der Waals surface area contributed by atoms with Crippen molar-refractivity contribution in [2.45, 2.75) is 52.0 Å². The van der Waals surface area contributed by atoms with E-state index in [2.05, 4.69) is 52.7 Å². The SMILES string of the molecule is CN=C(NCC1CC(=O)Nc2ccccc21)NCC(C(C)C)N1CCC(C)CC1. The lowest BCUT2D eigenvalue weighted by atomic mass is 9.90. The van der Waals surface area contributed by atoms with E-state index in [4.69, 9.17) is 0 Å². The highest BCUT2D eigenvalue weighted by Gasteiger charge is 2.27. The van der Waals surface area contributed by atoms with Crippen LogP contribution in [0.5, 0.6) is 0 Å². The van der Waals surface area contributed by atoms with Gasteiger partial charge in [-0.3, -0.25) is 14.7 Å². The smallest absolute Gasteiger partial charge is 0.225 e. The molecule has 3 N–H and O–H groups in total. The molecule has 2 heterocycles. The van der Waals surface area contributed by atoms with Crippen molar-refractivity contribution in [1.29, 1.82) is 0 Å². The van der Waals surface area contributed by atoms with Gasteiger partial charge in [-0.15, -0.1) is 0 Å². The first-order valence-corrected chi connectivity index (χ1v) is 11.0. The summed E-state index contributed by atoms with van der Waals surface area (Å²) in [6.07, 6.45) is 3.08. The van der Waals surface area contributed by atoms with Gasteiger partial charge in [-0.1, -0.05) is 39.0 Å². The summed E-state index contributed by atoms with van der Waals surface area (Å²) in [4.78, 5) is 19.1. The molecule has 1 amide bonds. The molecular formula is C23H37N5O. The molecule has 29 heavy (non-hydrogen) atoms. The number of benzene rings is 1. The largest absolute Gasteiger partial charge is 0.356 e. The summed E-state index contributed by atoms with van der Waals surface area (Å²) in [5.41, 5.74) is 2.12. The number of nitrogens with zero attached hydrogens (tertiary/aromatic N) is 2. The number of likely N-dealkylation sites (tertiary alicyclic amines) is 1. The highest BCUT2D eigenvalue weighted by atomic mass is 16.1. The van der Waals surface area contributed by atoms with Gasteiger partial charge < -0.3 is 16.0 Å². The number of carbonyl (C=O) groups is 1. The van der Waals surface area contributed by atoms with Crippen molar-refractivity contribution in [1.82, 2.24) is 15.5 Å². The molecule has 0 aromatic heterocycles. The van der Waals surface area contributed by atoms with Crippen molar-refractivity contribution >= 4 is 17.6 Å². The van der Waals surface area contributed by atoms with Crippen LogP contribution in [0.25, 0.3) is 0 Å². The standard InChI is InChI=1S/C23H37N5O/c1-16(2)21(28-11-9-17(3)10-12-28)15-26-23(24-4)25-14-18-13-22(29)27-20-8-6-5-7-19(18)20/h5-8,16-18,21H,9-15H2,1-4H3,(H,27,29)(H2,24,25,26). The summed E-state index contributed by atoms with van der Waals surface area (Å²) in [7, 11) is 1.81. The normalized spacial score (nSPS) is 22.2. The molecule has 2 aliphatic heterocycles. The van der Waals surface area contributed by atoms with Gasteiger partial charge in [-0.25, -0.2) is 0 Å². The van der Waals surface area contributed by atoms with E-state index in [1.54, 1.807) is 0 Å². The lowest BCUT2D eigenvalue weighted by Crippen LogP contribution is -2.51. The highest BCUT2D eigenvalue weighted by Crippen LogP contribution is 2.31. The number of hydrogen-bond donors (Lipinski definition) is 3. The third-order valence-corrected chi connectivity index (χ3v) is 6.38. The number of fused-ring (bicyclic) bond motifs is 1. The quantitative estimate of drug-likeness (QED) is 0.508. The number of amides is 1. The van der Waals surface area contributed by atoms with Crippen LogP contribution in [0, 0.1) is 11.8 Å². The summed E-state index contributed by atoms with van der Waals surface area (Å²) >= 11 is 0. The lowest BCUT2D eigenvalue weighted by molar-refractivity contribution is -0.116. The Morgan fingerprint density at radius 1 is 1.24 bits per heavy atom. The molecule has 1 saturated heterocycles. The number of aliphatic imine (C=N–C) groups is 1. The first-order chi connectivity index (χ1) is 14.0. The molecule has 2 aliphatic rings. The fourth-order valence-electron chi connectivity index (χ4n) is 4.47. The maximum atomic E-state index is 12.0. The van der Waals surface area contributed by atoms with E-state index in [-0.39, 0.29) is 11.8 Å². The summed E-state index contributed by atoms with van der Waals surface area (Å²) in [5.74, 6) is 2.48. The molecule has 3 rings (SSSR count). The maximum Gasteiger partial charge on any atom is 0.225 e. The molecule has 1 aromatic carbocycles. The van der Waals surface area contributed by atoms with E-state index in [0.717, 1.165) is 24.1 Å². The van der Waals surface area contributed by atoms with Crippen molar-refractivity contribution in [2.24, 2.45) is 16.8 Å². The van der Waals surface area contributed by atoms with Gasteiger partial charge in [-0.05, 0) is 49.4 Å². The first-order valence-electron chi connectivity index (χ1n) is 11.0. The third-order valence-electron chi connectivity index (χ3n) is 6.38. The van der Waals surface area contributed by atoms with Gasteiger partial charge in [0.05, 0.1) is 0 Å². The molecule has 0 radical (unpaired) electrons. The van der Waals surface area contributed by atoms with Crippen molar-refractivity contribution in [3.63, 3.8) is 0 Å². The fourth-order valence-corrected chi connectivity index (χ4v) is 4.47. The monoisotopic (exact) mass is 399 g/mol. The summed E-state index contributed by atoms with van der Waals surface area (Å²) in [5, 5.41) is 9.94. The second-order valence-corrected chi connectivity index (χ2v) is 8.90. The Balaban J connectivity index is 1.55. The first kappa shape index (κ1) is 21.6.